The van der Waals surface area contributed by atoms with Gasteiger partial charge in [0.1, 0.15) is 0 Å². The fourth-order valence-corrected chi connectivity index (χ4v) is 1.64. The highest BCUT2D eigenvalue weighted by Gasteiger charge is 2.33. The summed E-state index contributed by atoms with van der Waals surface area (Å²) in [5.74, 6) is -0.252. The highest BCUT2D eigenvalue weighted by atomic mass is 127. The van der Waals surface area contributed by atoms with Crippen LogP contribution in [0.1, 0.15) is 11.3 Å². The van der Waals surface area contributed by atoms with Gasteiger partial charge in [-0.2, -0.15) is 0 Å². The number of hydrogen-bond donors (Lipinski definition) is 1. The molecule has 2 N–H and O–H groups in total. The zero-order valence-electron chi connectivity index (χ0n) is 7.73. The third-order valence-electron chi connectivity index (χ3n) is 1.72. The van der Waals surface area contributed by atoms with Crippen molar-refractivity contribution < 1.29 is 17.9 Å². The number of ether oxygens (including phenoxy) is 1. The molecule has 0 aliphatic carbocycles. The largest absolute Gasteiger partial charge is 0.573 e. The Balaban J connectivity index is 3.20. The van der Waals surface area contributed by atoms with Crippen LogP contribution in [0.4, 0.5) is 13.2 Å². The van der Waals surface area contributed by atoms with Crippen LogP contribution in [0.25, 0.3) is 0 Å². The molecule has 0 fully saturated rings. The van der Waals surface area contributed by atoms with Gasteiger partial charge in [0.25, 0.3) is 0 Å². The van der Waals surface area contributed by atoms with Crippen molar-refractivity contribution in [1.82, 2.24) is 4.98 Å². The van der Waals surface area contributed by atoms with Gasteiger partial charge >= 0.3 is 6.36 Å². The molecule has 0 radical (unpaired) electrons. The molecule has 0 spiro atoms. The molecule has 0 atom stereocenters. The Morgan fingerprint density at radius 1 is 1.53 bits per heavy atom. The molecule has 1 heterocycles. The second kappa shape index (κ2) is 4.52. The molecule has 1 aromatic rings. The van der Waals surface area contributed by atoms with E-state index in [4.69, 9.17) is 5.73 Å². The molecule has 15 heavy (non-hydrogen) atoms. The smallest absolute Gasteiger partial charge is 0.404 e. The number of halogens is 4. The minimum atomic E-state index is -4.71. The van der Waals surface area contributed by atoms with Crippen molar-refractivity contribution in [3.05, 3.63) is 21.0 Å². The van der Waals surface area contributed by atoms with Crippen molar-refractivity contribution in [2.45, 2.75) is 19.8 Å². The van der Waals surface area contributed by atoms with E-state index in [2.05, 4.69) is 9.72 Å². The first-order chi connectivity index (χ1) is 6.85. The lowest BCUT2D eigenvalue weighted by Crippen LogP contribution is -2.20. The number of aryl methyl sites for hydroxylation is 1. The monoisotopic (exact) mass is 332 g/mol. The van der Waals surface area contributed by atoms with E-state index in [0.717, 1.165) is 0 Å². The second-order valence-corrected chi connectivity index (χ2v) is 3.91. The average Bonchev–Trinajstić information content (AvgIpc) is 2.10. The summed E-state index contributed by atoms with van der Waals surface area (Å²) in [5, 5.41) is 0. The van der Waals surface area contributed by atoms with Gasteiger partial charge in [0.05, 0.1) is 3.57 Å². The van der Waals surface area contributed by atoms with E-state index >= 15 is 0 Å². The van der Waals surface area contributed by atoms with Crippen LogP contribution in [0, 0.1) is 10.5 Å². The van der Waals surface area contributed by atoms with E-state index < -0.39 is 6.36 Å². The third-order valence-corrected chi connectivity index (χ3v) is 2.49. The fraction of sp³-hybridized carbons (Fsp3) is 0.375. The van der Waals surface area contributed by atoms with Crippen LogP contribution < -0.4 is 10.5 Å². The number of alkyl halides is 3. The zero-order chi connectivity index (χ0) is 11.6. The van der Waals surface area contributed by atoms with Gasteiger partial charge in [0.2, 0.25) is 0 Å². The van der Waals surface area contributed by atoms with E-state index in [1.54, 1.807) is 29.5 Å². The van der Waals surface area contributed by atoms with Crippen LogP contribution in [0.5, 0.6) is 5.75 Å². The average molecular weight is 332 g/mol. The van der Waals surface area contributed by atoms with Gasteiger partial charge in [-0.25, -0.2) is 0 Å². The Morgan fingerprint density at radius 2 is 2.13 bits per heavy atom. The first kappa shape index (κ1) is 12.5. The maximum atomic E-state index is 12.1. The van der Waals surface area contributed by atoms with Crippen LogP contribution >= 0.6 is 22.6 Å². The Bertz CT molecular complexity index is 368. The van der Waals surface area contributed by atoms with Gasteiger partial charge < -0.3 is 10.5 Å². The fourth-order valence-electron chi connectivity index (χ4n) is 1.06. The van der Waals surface area contributed by atoms with Gasteiger partial charge in [-0.05, 0) is 29.5 Å². The summed E-state index contributed by atoms with van der Waals surface area (Å²) in [4.78, 5) is 3.91. The summed E-state index contributed by atoms with van der Waals surface area (Å²) in [6.45, 7) is 1.54. The van der Waals surface area contributed by atoms with Crippen molar-refractivity contribution >= 4 is 22.6 Å². The van der Waals surface area contributed by atoms with Crippen LogP contribution in [-0.2, 0) is 6.54 Å². The molecule has 0 saturated carbocycles. The molecule has 0 aliphatic heterocycles. The molecule has 0 amide bonds. The lowest BCUT2D eigenvalue weighted by Gasteiger charge is -2.15. The highest BCUT2D eigenvalue weighted by Crippen LogP contribution is 2.31. The summed E-state index contributed by atoms with van der Waals surface area (Å²) in [5.41, 5.74) is 6.07. The first-order valence-electron chi connectivity index (χ1n) is 3.95. The summed E-state index contributed by atoms with van der Waals surface area (Å²) >= 11 is 1.72. The predicted molar refractivity (Wildman–Crippen MR) is 56.3 cm³/mol. The third kappa shape index (κ3) is 3.20. The Hall–Kier alpha value is -0.570. The van der Waals surface area contributed by atoms with Crippen molar-refractivity contribution in [3.8, 4) is 5.75 Å². The van der Waals surface area contributed by atoms with Crippen LogP contribution in [0.3, 0.4) is 0 Å². The number of pyridine rings is 1. The number of hydrogen-bond acceptors (Lipinski definition) is 3. The molecule has 0 bridgehead atoms. The minimum Gasteiger partial charge on any atom is -0.404 e. The normalized spacial score (nSPS) is 11.6. The van der Waals surface area contributed by atoms with E-state index in [0.29, 0.717) is 5.69 Å². The predicted octanol–water partition coefficient (Wildman–Crippen LogP) is 2.35. The molecule has 84 valence electrons. The summed E-state index contributed by atoms with van der Waals surface area (Å²) < 4.78 is 40.4. The van der Waals surface area contributed by atoms with Crippen LogP contribution in [0.2, 0.25) is 0 Å². The van der Waals surface area contributed by atoms with Crippen molar-refractivity contribution in [3.63, 3.8) is 0 Å². The van der Waals surface area contributed by atoms with Crippen molar-refractivity contribution in [2.24, 2.45) is 5.73 Å². The van der Waals surface area contributed by atoms with Gasteiger partial charge in [-0.15, -0.1) is 13.2 Å². The second-order valence-electron chi connectivity index (χ2n) is 2.75. The highest BCUT2D eigenvalue weighted by molar-refractivity contribution is 14.1. The Labute approximate surface area is 98.0 Å². The van der Waals surface area contributed by atoms with Crippen LogP contribution in [-0.4, -0.2) is 11.3 Å². The minimum absolute atomic E-state index is 0.0406. The van der Waals surface area contributed by atoms with E-state index in [1.165, 1.54) is 6.20 Å². The van der Waals surface area contributed by atoms with Gasteiger partial charge in [0.15, 0.2) is 5.75 Å². The SMILES string of the molecule is Cc1ncc(I)c(OC(F)(F)F)c1CN. The number of aromatic nitrogens is 1. The standard InChI is InChI=1S/C8H8F3IN2O/c1-4-5(2-13)7(6(12)3-14-4)15-8(9,10)11/h3H,2,13H2,1H3. The molecule has 0 aromatic carbocycles. The first-order valence-corrected chi connectivity index (χ1v) is 5.03. The quantitative estimate of drug-likeness (QED) is 0.846. The van der Waals surface area contributed by atoms with Crippen LogP contribution in [0.15, 0.2) is 6.20 Å². The number of nitrogens with zero attached hydrogens (tertiary/aromatic N) is 1. The topological polar surface area (TPSA) is 48.1 Å². The van der Waals surface area contributed by atoms with E-state index in [-0.39, 0.29) is 21.4 Å². The Morgan fingerprint density at radius 3 is 2.60 bits per heavy atom. The van der Waals surface area contributed by atoms with E-state index in [1.807, 2.05) is 0 Å². The molecular weight excluding hydrogens is 324 g/mol. The molecule has 7 heteroatoms. The lowest BCUT2D eigenvalue weighted by atomic mass is 10.2. The lowest BCUT2D eigenvalue weighted by molar-refractivity contribution is -0.275. The Kier molecular flexibility index (Phi) is 3.77. The van der Waals surface area contributed by atoms with Crippen molar-refractivity contribution in [2.75, 3.05) is 0 Å². The van der Waals surface area contributed by atoms with Gasteiger partial charge in [-0.3, -0.25) is 4.98 Å². The zero-order valence-corrected chi connectivity index (χ0v) is 9.89. The number of nitrogens with two attached hydrogens (primary N) is 1. The molecule has 0 aliphatic rings. The molecular formula is C8H8F3IN2O. The molecule has 1 aromatic heterocycles. The molecule has 1 rings (SSSR count). The summed E-state index contributed by atoms with van der Waals surface area (Å²) in [6, 6.07) is 0. The van der Waals surface area contributed by atoms with Gasteiger partial charge in [-0.1, -0.05) is 0 Å². The van der Waals surface area contributed by atoms with E-state index in [9.17, 15) is 13.2 Å². The summed E-state index contributed by atoms with van der Waals surface area (Å²) in [6.07, 6.45) is -3.40. The molecule has 0 saturated heterocycles. The maximum absolute atomic E-state index is 12.1. The number of rotatable bonds is 2. The molecule has 0 unspecified atom stereocenters. The maximum Gasteiger partial charge on any atom is 0.573 e. The van der Waals surface area contributed by atoms with Gasteiger partial charge in [0, 0.05) is 24.0 Å². The van der Waals surface area contributed by atoms with Crippen molar-refractivity contribution in [1.29, 1.82) is 0 Å². The summed E-state index contributed by atoms with van der Waals surface area (Å²) in [7, 11) is 0. The molecule has 3 nitrogen and oxygen atoms in total.